The number of fused-ring (bicyclic) bond motifs is 4. The molecule has 5 rings (SSSR count). The molecule has 0 N–H and O–H groups in total. The average molecular weight is 416 g/mol. The van der Waals surface area contributed by atoms with E-state index in [0.29, 0.717) is 28.0 Å². The predicted octanol–water partition coefficient (Wildman–Crippen LogP) is 5.56. The van der Waals surface area contributed by atoms with Gasteiger partial charge in [0.2, 0.25) is 0 Å². The van der Waals surface area contributed by atoms with Crippen LogP contribution in [0.1, 0.15) is 22.3 Å². The third-order valence-electron chi connectivity index (χ3n) is 5.62. The molecule has 0 fully saturated rings. The molecule has 0 spiro atoms. The number of nitrogens with zero attached hydrogens (tertiary/aromatic N) is 4. The minimum atomic E-state index is -1.17. The molecule has 2 aliphatic carbocycles. The van der Waals surface area contributed by atoms with Crippen molar-refractivity contribution in [2.75, 3.05) is 0 Å². The van der Waals surface area contributed by atoms with E-state index in [1.165, 1.54) is 12.1 Å². The first-order valence-electron chi connectivity index (χ1n) is 9.55. The number of benzene rings is 2. The van der Waals surface area contributed by atoms with Gasteiger partial charge in [0.25, 0.3) is 0 Å². The molecule has 0 atom stereocenters. The summed E-state index contributed by atoms with van der Waals surface area (Å²) in [5.74, 6) is -2.27. The van der Waals surface area contributed by atoms with Gasteiger partial charge in [-0.05, 0) is 23.3 Å². The molecule has 0 unspecified atom stereocenters. The van der Waals surface area contributed by atoms with Gasteiger partial charge in [0, 0.05) is 51.3 Å². The Kier molecular flexibility index (Phi) is 4.26. The Labute approximate surface area is 181 Å². The van der Waals surface area contributed by atoms with Gasteiger partial charge in [-0.15, -0.1) is 0 Å². The van der Waals surface area contributed by atoms with Gasteiger partial charge in [0.15, 0.2) is 11.6 Å². The van der Waals surface area contributed by atoms with Crippen LogP contribution in [-0.4, -0.2) is 4.98 Å². The Bertz CT molecular complexity index is 1510. The van der Waals surface area contributed by atoms with Crippen molar-refractivity contribution in [3.8, 4) is 29.5 Å². The Morgan fingerprint density at radius 3 is 2.25 bits per heavy atom. The Balaban J connectivity index is 2.05. The van der Waals surface area contributed by atoms with Crippen LogP contribution < -0.4 is 0 Å². The van der Waals surface area contributed by atoms with Crippen LogP contribution in [0.4, 0.5) is 8.78 Å². The van der Waals surface area contributed by atoms with Gasteiger partial charge in [-0.1, -0.05) is 36.4 Å². The van der Waals surface area contributed by atoms with Crippen LogP contribution >= 0.6 is 0 Å². The number of rotatable bonds is 0. The van der Waals surface area contributed by atoms with Crippen LogP contribution in [-0.2, 0) is 0 Å². The molecular weight excluding hydrogens is 406 g/mol. The minimum absolute atomic E-state index is 0.0231. The molecule has 2 aliphatic rings. The third-order valence-corrected chi connectivity index (χ3v) is 5.62. The van der Waals surface area contributed by atoms with Crippen LogP contribution in [0.5, 0.6) is 0 Å². The second kappa shape index (κ2) is 7.13. The average Bonchev–Trinajstić information content (AvgIpc) is 3.31. The molecule has 148 valence electrons. The number of hydrogen-bond acceptors (Lipinski definition) is 4. The second-order valence-corrected chi connectivity index (χ2v) is 7.14. The molecule has 0 saturated carbocycles. The summed E-state index contributed by atoms with van der Waals surface area (Å²) in [6.45, 7) is 0. The number of allylic oxidation sites excluding steroid dienone is 5. The van der Waals surface area contributed by atoms with E-state index >= 15 is 4.39 Å². The number of nitriles is 3. The van der Waals surface area contributed by atoms with Crippen LogP contribution in [0, 0.1) is 45.6 Å². The lowest BCUT2D eigenvalue weighted by molar-refractivity contribution is 0.506. The van der Waals surface area contributed by atoms with Crippen molar-refractivity contribution in [2.45, 2.75) is 0 Å². The predicted molar refractivity (Wildman–Crippen MR) is 114 cm³/mol. The van der Waals surface area contributed by atoms with Crippen molar-refractivity contribution in [3.05, 3.63) is 106 Å². The monoisotopic (exact) mass is 416 g/mol. The van der Waals surface area contributed by atoms with Crippen molar-refractivity contribution >= 4 is 16.7 Å². The SMILES string of the molecule is N#C/C=C1/C(=C2/c3ccccc3-c3ncccc32)C(=C(C#N)C#N)c2c1ccc(F)c2F. The maximum Gasteiger partial charge on any atom is 0.167 e. The zero-order valence-corrected chi connectivity index (χ0v) is 16.3. The van der Waals surface area contributed by atoms with E-state index < -0.39 is 11.6 Å². The molecule has 0 amide bonds. The number of aromatic nitrogens is 1. The Hall–Kier alpha value is -4.86. The molecule has 4 nitrogen and oxygen atoms in total. The first-order chi connectivity index (χ1) is 15.6. The van der Waals surface area contributed by atoms with Gasteiger partial charge in [-0.3, -0.25) is 4.98 Å². The van der Waals surface area contributed by atoms with Crippen molar-refractivity contribution in [2.24, 2.45) is 0 Å². The van der Waals surface area contributed by atoms with Crippen molar-refractivity contribution < 1.29 is 8.78 Å². The molecule has 6 heteroatoms. The van der Waals surface area contributed by atoms with Gasteiger partial charge in [-0.25, -0.2) is 8.78 Å². The van der Waals surface area contributed by atoms with Gasteiger partial charge < -0.3 is 0 Å². The van der Waals surface area contributed by atoms with E-state index in [0.717, 1.165) is 17.2 Å². The fourth-order valence-corrected chi connectivity index (χ4v) is 4.42. The summed E-state index contributed by atoms with van der Waals surface area (Å²) in [6.07, 6.45) is 2.88. The normalized spacial score (nSPS) is 16.6. The first kappa shape index (κ1) is 19.1. The number of pyridine rings is 1. The lowest BCUT2D eigenvalue weighted by atomic mass is 9.89. The molecule has 1 aromatic heterocycles. The molecule has 0 aliphatic heterocycles. The third kappa shape index (κ3) is 2.46. The van der Waals surface area contributed by atoms with E-state index in [4.69, 9.17) is 0 Å². The lowest BCUT2D eigenvalue weighted by Gasteiger charge is -2.12. The van der Waals surface area contributed by atoms with Gasteiger partial charge in [-0.2, -0.15) is 15.8 Å². The molecular formula is C26H10F2N4. The molecule has 2 aromatic carbocycles. The van der Waals surface area contributed by atoms with E-state index in [1.54, 1.807) is 12.3 Å². The highest BCUT2D eigenvalue weighted by atomic mass is 19.2. The fourth-order valence-electron chi connectivity index (χ4n) is 4.42. The molecule has 0 saturated heterocycles. The van der Waals surface area contributed by atoms with E-state index in [2.05, 4.69) is 4.98 Å². The summed E-state index contributed by atoms with van der Waals surface area (Å²) in [4.78, 5) is 4.49. The van der Waals surface area contributed by atoms with E-state index in [9.17, 15) is 20.2 Å². The largest absolute Gasteiger partial charge is 0.256 e. The van der Waals surface area contributed by atoms with E-state index in [1.807, 2.05) is 48.5 Å². The molecule has 0 radical (unpaired) electrons. The first-order valence-corrected chi connectivity index (χ1v) is 9.55. The van der Waals surface area contributed by atoms with Gasteiger partial charge in [0.1, 0.15) is 17.7 Å². The molecule has 3 aromatic rings. The summed E-state index contributed by atoms with van der Waals surface area (Å²) in [7, 11) is 0. The highest BCUT2D eigenvalue weighted by molar-refractivity contribution is 6.20. The summed E-state index contributed by atoms with van der Waals surface area (Å²) in [5, 5.41) is 28.8. The van der Waals surface area contributed by atoms with Crippen molar-refractivity contribution in [3.63, 3.8) is 0 Å². The van der Waals surface area contributed by atoms with Crippen LogP contribution in [0.15, 0.2) is 72.0 Å². The zero-order chi connectivity index (χ0) is 22.4. The molecule has 1 heterocycles. The van der Waals surface area contributed by atoms with Crippen LogP contribution in [0.2, 0.25) is 0 Å². The summed E-state index contributed by atoms with van der Waals surface area (Å²) in [6, 6.07) is 19.0. The number of hydrogen-bond donors (Lipinski definition) is 0. The molecule has 32 heavy (non-hydrogen) atoms. The van der Waals surface area contributed by atoms with Crippen LogP contribution in [0.25, 0.3) is 28.0 Å². The fraction of sp³-hybridized carbons (Fsp3) is 0. The van der Waals surface area contributed by atoms with Crippen molar-refractivity contribution in [1.29, 1.82) is 15.8 Å². The molecule has 0 bridgehead atoms. The standard InChI is InChI=1S/C26H10F2N4/c27-20-8-7-16-17(9-10-29)23(21(14(12-30)13-31)24(16)25(20)28)22-15-4-1-2-5-18(15)26-19(22)6-3-11-32-26/h1-9,11H/b17-9+,23-22+. The Morgan fingerprint density at radius 1 is 0.812 bits per heavy atom. The highest BCUT2D eigenvalue weighted by Crippen LogP contribution is 2.55. The smallest absolute Gasteiger partial charge is 0.167 e. The van der Waals surface area contributed by atoms with E-state index in [-0.39, 0.29) is 22.3 Å². The maximum atomic E-state index is 15.1. The topological polar surface area (TPSA) is 84.3 Å². The summed E-state index contributed by atoms with van der Waals surface area (Å²) >= 11 is 0. The summed E-state index contributed by atoms with van der Waals surface area (Å²) < 4.78 is 29.3. The highest BCUT2D eigenvalue weighted by Gasteiger charge is 2.38. The minimum Gasteiger partial charge on any atom is -0.256 e. The summed E-state index contributed by atoms with van der Waals surface area (Å²) in [5.41, 5.74) is 3.94. The number of halogens is 2. The Morgan fingerprint density at radius 2 is 1.53 bits per heavy atom. The maximum absolute atomic E-state index is 15.1. The second-order valence-electron chi connectivity index (χ2n) is 7.14. The lowest BCUT2D eigenvalue weighted by Crippen LogP contribution is -1.96. The quantitative estimate of drug-likeness (QED) is 0.351. The van der Waals surface area contributed by atoms with Crippen molar-refractivity contribution in [1.82, 2.24) is 4.98 Å². The van der Waals surface area contributed by atoms with Gasteiger partial charge >= 0.3 is 0 Å². The van der Waals surface area contributed by atoms with Gasteiger partial charge in [0.05, 0.1) is 11.8 Å². The van der Waals surface area contributed by atoms with Crippen LogP contribution in [0.3, 0.4) is 0 Å². The zero-order valence-electron chi connectivity index (χ0n) is 16.3.